The molecule has 4 rings (SSSR count). The van der Waals surface area contributed by atoms with Crippen molar-refractivity contribution in [2.45, 2.75) is 51.1 Å². The summed E-state index contributed by atoms with van der Waals surface area (Å²) in [5, 5.41) is 0. The van der Waals surface area contributed by atoms with E-state index >= 15 is 0 Å². The molecule has 2 heterocycles. The van der Waals surface area contributed by atoms with E-state index in [1.165, 1.54) is 20.0 Å². The first-order valence-electron chi connectivity index (χ1n) is 9.77. The fourth-order valence-corrected chi connectivity index (χ4v) is 5.35. The van der Waals surface area contributed by atoms with Crippen molar-refractivity contribution >= 4 is 0 Å². The molecule has 0 N–H and O–H groups in total. The Bertz CT molecular complexity index is 628. The van der Waals surface area contributed by atoms with E-state index in [0.29, 0.717) is 0 Å². The number of ether oxygens (including phenoxy) is 4. The summed E-state index contributed by atoms with van der Waals surface area (Å²) in [5.41, 5.74) is 0. The van der Waals surface area contributed by atoms with E-state index in [4.69, 9.17) is 18.9 Å². The van der Waals surface area contributed by atoms with Gasteiger partial charge in [0.2, 0.25) is 0 Å². The van der Waals surface area contributed by atoms with Crippen LogP contribution in [0.15, 0.2) is 48.5 Å². The van der Waals surface area contributed by atoms with Crippen LogP contribution in [-0.4, -0.2) is 25.8 Å². The summed E-state index contributed by atoms with van der Waals surface area (Å²) in [4.78, 5) is 0. The van der Waals surface area contributed by atoms with E-state index in [0.717, 1.165) is 50.4 Å². The third kappa shape index (κ3) is 5.83. The zero-order valence-corrected chi connectivity index (χ0v) is 17.6. The fourth-order valence-electron chi connectivity index (χ4n) is 3.19. The quantitative estimate of drug-likeness (QED) is 0.588. The van der Waals surface area contributed by atoms with Crippen LogP contribution in [0.4, 0.5) is 0 Å². The van der Waals surface area contributed by atoms with Crippen LogP contribution < -0.4 is 30.7 Å². The van der Waals surface area contributed by atoms with Crippen LogP contribution in [0.5, 0.6) is 11.5 Å². The molecule has 2 unspecified atom stereocenters. The topological polar surface area (TPSA) is 36.9 Å². The summed E-state index contributed by atoms with van der Waals surface area (Å²) in [5.74, 6) is 1.79. The summed E-state index contributed by atoms with van der Waals surface area (Å²) in [6.45, 7) is 1.61. The maximum atomic E-state index is 5.91. The Balaban J connectivity index is 1.29. The third-order valence-electron chi connectivity index (χ3n) is 4.66. The third-order valence-corrected chi connectivity index (χ3v) is 7.34. The van der Waals surface area contributed by atoms with Crippen LogP contribution in [0, 0.1) is 7.14 Å². The van der Waals surface area contributed by atoms with Gasteiger partial charge in [-0.3, -0.25) is 0 Å². The van der Waals surface area contributed by atoms with Gasteiger partial charge in [0.05, 0.1) is 0 Å². The summed E-state index contributed by atoms with van der Waals surface area (Å²) >= 11 is -0.212. The summed E-state index contributed by atoms with van der Waals surface area (Å²) in [7, 11) is 0. The van der Waals surface area contributed by atoms with E-state index in [9.17, 15) is 0 Å². The van der Waals surface area contributed by atoms with Gasteiger partial charge in [0.25, 0.3) is 0 Å². The molecule has 0 bridgehead atoms. The zero-order chi connectivity index (χ0) is 18.3. The molecule has 2 saturated heterocycles. The number of halogens is 1. The molecular weight excluding hydrogens is 455 g/mol. The number of hydrogen-bond acceptors (Lipinski definition) is 4. The van der Waals surface area contributed by atoms with Crippen LogP contribution >= 0.6 is 0 Å². The molecule has 27 heavy (non-hydrogen) atoms. The Morgan fingerprint density at radius 3 is 1.44 bits per heavy atom. The number of benzene rings is 2. The van der Waals surface area contributed by atoms with Crippen LogP contribution in [0.2, 0.25) is 0 Å². The molecule has 0 radical (unpaired) electrons. The Kier molecular flexibility index (Phi) is 6.87. The average Bonchev–Trinajstić information content (AvgIpc) is 2.73. The maximum absolute atomic E-state index is 5.91. The summed E-state index contributed by atoms with van der Waals surface area (Å²) in [6, 6.07) is 16.9. The molecule has 0 saturated carbocycles. The minimum atomic E-state index is -0.212. The van der Waals surface area contributed by atoms with Gasteiger partial charge >= 0.3 is 172 Å². The van der Waals surface area contributed by atoms with E-state index in [1.807, 2.05) is 0 Å². The fraction of sp³-hybridized carbons (Fsp3) is 0.455. The average molecular weight is 481 g/mol. The van der Waals surface area contributed by atoms with Gasteiger partial charge < -0.3 is 0 Å². The van der Waals surface area contributed by atoms with Gasteiger partial charge in [-0.1, -0.05) is 0 Å². The van der Waals surface area contributed by atoms with Crippen molar-refractivity contribution in [3.05, 3.63) is 55.7 Å². The van der Waals surface area contributed by atoms with E-state index in [2.05, 4.69) is 48.5 Å². The van der Waals surface area contributed by atoms with Crippen molar-refractivity contribution < 1.29 is 40.2 Å². The number of hydrogen-bond donors (Lipinski definition) is 0. The monoisotopic (exact) mass is 481 g/mol. The molecule has 2 aromatic rings. The van der Waals surface area contributed by atoms with E-state index < -0.39 is 0 Å². The molecule has 0 aliphatic carbocycles. The molecule has 5 heteroatoms. The first kappa shape index (κ1) is 19.0. The zero-order valence-electron chi connectivity index (χ0n) is 15.4. The van der Waals surface area contributed by atoms with Crippen molar-refractivity contribution in [1.29, 1.82) is 0 Å². The van der Waals surface area contributed by atoms with Gasteiger partial charge in [-0.2, -0.15) is 0 Å². The molecule has 4 nitrogen and oxygen atoms in total. The van der Waals surface area contributed by atoms with Gasteiger partial charge in [-0.15, -0.1) is 0 Å². The Labute approximate surface area is 171 Å². The predicted molar refractivity (Wildman–Crippen MR) is 98.7 cm³/mol. The van der Waals surface area contributed by atoms with E-state index in [1.54, 1.807) is 0 Å². The second-order valence-electron chi connectivity index (χ2n) is 6.83. The second kappa shape index (κ2) is 9.75. The SMILES string of the molecule is c1cc([I-]c2ccc(OC3CCCCO3)cc2)ccc1OC1CCCCO1. The number of rotatable bonds is 6. The van der Waals surface area contributed by atoms with E-state index in [-0.39, 0.29) is 33.8 Å². The first-order valence-corrected chi connectivity index (χ1v) is 11.9. The first-order chi connectivity index (χ1) is 13.3. The van der Waals surface area contributed by atoms with Gasteiger partial charge in [0, 0.05) is 0 Å². The minimum absolute atomic E-state index is 0.0833. The molecule has 2 aliphatic heterocycles. The molecule has 146 valence electrons. The normalized spacial score (nSPS) is 23.1. The predicted octanol–water partition coefficient (Wildman–Crippen LogP) is 1.63. The summed E-state index contributed by atoms with van der Waals surface area (Å²) in [6.07, 6.45) is 6.44. The van der Waals surface area contributed by atoms with Crippen molar-refractivity contribution in [2.75, 3.05) is 13.2 Å². The van der Waals surface area contributed by atoms with Gasteiger partial charge in [-0.25, -0.2) is 0 Å². The molecule has 2 fully saturated rings. The van der Waals surface area contributed by atoms with Crippen LogP contribution in [-0.2, 0) is 9.47 Å². The Morgan fingerprint density at radius 2 is 1.07 bits per heavy atom. The standard InChI is InChI=1S/C22H26IO4/c1-3-15-24-21(5-1)26-19-11-7-17(8-12-19)23-18-9-13-20(14-10-18)27-22-6-2-4-16-25-22/h7-14,21-22H,1-6,15-16H2/q-1. The van der Waals surface area contributed by atoms with Gasteiger partial charge in [0.1, 0.15) is 0 Å². The van der Waals surface area contributed by atoms with Gasteiger partial charge in [0.15, 0.2) is 0 Å². The molecule has 2 atom stereocenters. The van der Waals surface area contributed by atoms with Crippen LogP contribution in [0.1, 0.15) is 38.5 Å². The Morgan fingerprint density at radius 1 is 0.630 bits per heavy atom. The van der Waals surface area contributed by atoms with Crippen LogP contribution in [0.3, 0.4) is 0 Å². The van der Waals surface area contributed by atoms with Crippen molar-refractivity contribution in [2.24, 2.45) is 0 Å². The van der Waals surface area contributed by atoms with Crippen molar-refractivity contribution in [1.82, 2.24) is 0 Å². The van der Waals surface area contributed by atoms with Gasteiger partial charge in [-0.05, 0) is 0 Å². The second-order valence-corrected chi connectivity index (χ2v) is 9.86. The molecule has 0 spiro atoms. The Hall–Kier alpha value is -1.31. The molecular formula is C22H26IO4-. The molecule has 0 aromatic heterocycles. The molecule has 2 aromatic carbocycles. The molecule has 0 amide bonds. The van der Waals surface area contributed by atoms with Crippen LogP contribution in [0.25, 0.3) is 0 Å². The molecule has 2 aliphatic rings. The van der Waals surface area contributed by atoms with Crippen molar-refractivity contribution in [3.8, 4) is 11.5 Å². The summed E-state index contributed by atoms with van der Waals surface area (Å²) < 4.78 is 25.8. The van der Waals surface area contributed by atoms with Crippen molar-refractivity contribution in [3.63, 3.8) is 0 Å².